The molecule has 0 amide bonds. The summed E-state index contributed by atoms with van der Waals surface area (Å²) >= 11 is 1.66. The molecule has 5 nitrogen and oxygen atoms in total. The zero-order valence-corrected chi connectivity index (χ0v) is 17.9. The molecule has 1 fully saturated rings. The van der Waals surface area contributed by atoms with Crippen LogP contribution in [0.25, 0.3) is 10.6 Å². The molecule has 1 aliphatic rings. The van der Waals surface area contributed by atoms with Gasteiger partial charge in [0.25, 0.3) is 0 Å². The van der Waals surface area contributed by atoms with Gasteiger partial charge in [-0.1, -0.05) is 12.1 Å². The van der Waals surface area contributed by atoms with Gasteiger partial charge in [0, 0.05) is 24.0 Å². The molecule has 152 valence electrons. The van der Waals surface area contributed by atoms with Gasteiger partial charge >= 0.3 is 0 Å². The van der Waals surface area contributed by atoms with Crippen molar-refractivity contribution in [2.75, 3.05) is 27.9 Å². The molecule has 1 aliphatic heterocycles. The van der Waals surface area contributed by atoms with Gasteiger partial charge in [0.15, 0.2) is 0 Å². The van der Waals surface area contributed by atoms with Crippen LogP contribution in [0, 0.1) is 0 Å². The van der Waals surface area contributed by atoms with E-state index in [1.165, 1.54) is 18.4 Å². The molecule has 3 aromatic rings. The van der Waals surface area contributed by atoms with Crippen molar-refractivity contribution >= 4 is 11.3 Å². The van der Waals surface area contributed by atoms with E-state index in [-0.39, 0.29) is 0 Å². The Morgan fingerprint density at radius 2 is 1.76 bits per heavy atom. The lowest BCUT2D eigenvalue weighted by molar-refractivity contribution is 0.246. The van der Waals surface area contributed by atoms with Crippen LogP contribution in [0.3, 0.4) is 0 Å². The molecule has 4 rings (SSSR count). The number of likely N-dealkylation sites (tertiary alicyclic amines) is 1. The Bertz CT molecular complexity index is 955. The van der Waals surface area contributed by atoms with Crippen LogP contribution in [-0.4, -0.2) is 37.8 Å². The minimum Gasteiger partial charge on any atom is -0.497 e. The average Bonchev–Trinajstić information content (AvgIpc) is 3.43. The molecular weight excluding hydrogens is 384 g/mol. The van der Waals surface area contributed by atoms with Crippen molar-refractivity contribution in [3.05, 3.63) is 59.1 Å². The van der Waals surface area contributed by atoms with Crippen molar-refractivity contribution in [2.24, 2.45) is 0 Å². The third-order valence-corrected chi connectivity index (χ3v) is 6.34. The quantitative estimate of drug-likeness (QED) is 0.537. The van der Waals surface area contributed by atoms with Crippen molar-refractivity contribution in [1.29, 1.82) is 0 Å². The molecule has 1 aromatic heterocycles. The van der Waals surface area contributed by atoms with Crippen molar-refractivity contribution < 1.29 is 14.2 Å². The number of rotatable bonds is 7. The number of benzene rings is 2. The summed E-state index contributed by atoms with van der Waals surface area (Å²) in [6, 6.07) is 14.7. The van der Waals surface area contributed by atoms with Crippen LogP contribution < -0.4 is 14.2 Å². The Hall–Kier alpha value is -2.57. The van der Waals surface area contributed by atoms with E-state index in [4.69, 9.17) is 19.2 Å². The lowest BCUT2D eigenvalue weighted by Gasteiger charge is -2.24. The second-order valence-corrected chi connectivity index (χ2v) is 7.97. The third-order valence-electron chi connectivity index (χ3n) is 5.42. The number of hydrogen-bond donors (Lipinski definition) is 0. The number of methoxy groups -OCH3 is 3. The molecular formula is C23H26N2O3S. The maximum Gasteiger partial charge on any atom is 0.132 e. The molecule has 1 atom stereocenters. The minimum absolute atomic E-state index is 0.432. The second-order valence-electron chi connectivity index (χ2n) is 7.11. The molecule has 2 aromatic carbocycles. The van der Waals surface area contributed by atoms with E-state index >= 15 is 0 Å². The fourth-order valence-electron chi connectivity index (χ4n) is 3.91. The number of thiazole rings is 1. The number of hydrogen-bond acceptors (Lipinski definition) is 6. The monoisotopic (exact) mass is 410 g/mol. The van der Waals surface area contributed by atoms with Gasteiger partial charge in [0.1, 0.15) is 22.3 Å². The highest BCUT2D eigenvalue weighted by molar-refractivity contribution is 7.13. The Kier molecular flexibility index (Phi) is 6.02. The summed E-state index contributed by atoms with van der Waals surface area (Å²) in [4.78, 5) is 7.42. The lowest BCUT2D eigenvalue weighted by atomic mass is 10.0. The lowest BCUT2D eigenvalue weighted by Crippen LogP contribution is -2.22. The zero-order valence-electron chi connectivity index (χ0n) is 17.1. The summed E-state index contributed by atoms with van der Waals surface area (Å²) in [7, 11) is 5.04. The van der Waals surface area contributed by atoms with E-state index in [2.05, 4.69) is 22.4 Å². The molecule has 29 heavy (non-hydrogen) atoms. The summed E-state index contributed by atoms with van der Waals surface area (Å²) in [6.45, 7) is 1.95. The van der Waals surface area contributed by atoms with Gasteiger partial charge in [-0.25, -0.2) is 4.98 Å². The summed E-state index contributed by atoms with van der Waals surface area (Å²) in [5, 5.41) is 3.13. The largest absolute Gasteiger partial charge is 0.497 e. The van der Waals surface area contributed by atoms with Crippen LogP contribution in [0.1, 0.15) is 30.1 Å². The van der Waals surface area contributed by atoms with Gasteiger partial charge in [-0.15, -0.1) is 11.3 Å². The first-order chi connectivity index (χ1) is 14.2. The Labute approximate surface area is 175 Å². The van der Waals surface area contributed by atoms with Crippen LogP contribution in [0.2, 0.25) is 0 Å². The van der Waals surface area contributed by atoms with E-state index in [0.29, 0.717) is 6.04 Å². The van der Waals surface area contributed by atoms with Crippen LogP contribution in [0.5, 0.6) is 17.2 Å². The number of aromatic nitrogens is 1. The Balaban J connectivity index is 1.51. The van der Waals surface area contributed by atoms with E-state index in [0.717, 1.165) is 46.6 Å². The topological polar surface area (TPSA) is 43.8 Å². The zero-order chi connectivity index (χ0) is 20.2. The molecule has 0 radical (unpaired) electrons. The van der Waals surface area contributed by atoms with Crippen molar-refractivity contribution in [3.63, 3.8) is 0 Å². The van der Waals surface area contributed by atoms with Gasteiger partial charge in [0.05, 0.1) is 32.6 Å². The average molecular weight is 411 g/mol. The van der Waals surface area contributed by atoms with Gasteiger partial charge in [-0.2, -0.15) is 0 Å². The standard InChI is InChI=1S/C23H26N2O3S/c1-26-18-8-6-16(7-9-18)21-5-4-12-25(21)14-17-15-29-23(24-17)20-11-10-19(27-2)13-22(20)28-3/h6-11,13,15,21H,4-5,12,14H2,1-3H3/t21-/m0/s1. The molecule has 0 unspecified atom stereocenters. The van der Waals surface area contributed by atoms with E-state index < -0.39 is 0 Å². The van der Waals surface area contributed by atoms with Crippen molar-refractivity contribution in [1.82, 2.24) is 9.88 Å². The smallest absolute Gasteiger partial charge is 0.132 e. The van der Waals surface area contributed by atoms with Gasteiger partial charge in [0.2, 0.25) is 0 Å². The first-order valence-corrected chi connectivity index (χ1v) is 10.6. The van der Waals surface area contributed by atoms with Crippen molar-refractivity contribution in [2.45, 2.75) is 25.4 Å². The predicted octanol–water partition coefficient (Wildman–Crippen LogP) is 5.17. The van der Waals surface area contributed by atoms with Crippen LogP contribution >= 0.6 is 11.3 Å². The summed E-state index contributed by atoms with van der Waals surface area (Å²) in [6.07, 6.45) is 2.38. The van der Waals surface area contributed by atoms with Crippen LogP contribution in [0.4, 0.5) is 0 Å². The van der Waals surface area contributed by atoms with Crippen LogP contribution in [-0.2, 0) is 6.54 Å². The normalized spacial score (nSPS) is 16.7. The van der Waals surface area contributed by atoms with Gasteiger partial charge < -0.3 is 14.2 Å². The maximum atomic E-state index is 5.54. The number of ether oxygens (including phenoxy) is 3. The molecule has 0 spiro atoms. The number of nitrogens with zero attached hydrogens (tertiary/aromatic N) is 2. The summed E-state index contributed by atoms with van der Waals surface area (Å²) < 4.78 is 16.1. The maximum absolute atomic E-state index is 5.54. The molecule has 2 heterocycles. The minimum atomic E-state index is 0.432. The van der Waals surface area contributed by atoms with Crippen molar-refractivity contribution in [3.8, 4) is 27.8 Å². The van der Waals surface area contributed by atoms with E-state index in [1.54, 1.807) is 32.7 Å². The van der Waals surface area contributed by atoms with Gasteiger partial charge in [-0.3, -0.25) is 4.90 Å². The summed E-state index contributed by atoms with van der Waals surface area (Å²) in [5.74, 6) is 2.46. The highest BCUT2D eigenvalue weighted by Gasteiger charge is 2.26. The van der Waals surface area contributed by atoms with Gasteiger partial charge in [-0.05, 0) is 49.2 Å². The summed E-state index contributed by atoms with van der Waals surface area (Å²) in [5.41, 5.74) is 3.44. The third kappa shape index (κ3) is 4.23. The molecule has 0 N–H and O–H groups in total. The first kappa shape index (κ1) is 19.7. The molecule has 0 aliphatic carbocycles. The van der Waals surface area contributed by atoms with Crippen LogP contribution in [0.15, 0.2) is 47.8 Å². The highest BCUT2D eigenvalue weighted by atomic mass is 32.1. The predicted molar refractivity (Wildman–Crippen MR) is 116 cm³/mol. The fraction of sp³-hybridized carbons (Fsp3) is 0.348. The Morgan fingerprint density at radius 1 is 1.00 bits per heavy atom. The van der Waals surface area contributed by atoms with E-state index in [1.807, 2.05) is 30.3 Å². The fourth-order valence-corrected chi connectivity index (χ4v) is 4.75. The SMILES string of the molecule is COc1ccc([C@@H]2CCCN2Cc2csc(-c3ccc(OC)cc3OC)n2)cc1. The molecule has 6 heteroatoms. The second kappa shape index (κ2) is 8.84. The molecule has 0 bridgehead atoms. The molecule has 0 saturated carbocycles. The molecule has 1 saturated heterocycles. The highest BCUT2D eigenvalue weighted by Crippen LogP contribution is 2.37. The Morgan fingerprint density at radius 3 is 2.48 bits per heavy atom. The first-order valence-electron chi connectivity index (χ1n) is 9.76. The van der Waals surface area contributed by atoms with E-state index in [9.17, 15) is 0 Å².